The predicted octanol–water partition coefficient (Wildman–Crippen LogP) is 3.88. The van der Waals surface area contributed by atoms with Crippen molar-refractivity contribution in [2.75, 3.05) is 19.0 Å². The molecule has 1 aliphatic rings. The standard InChI is InChI=1S/C25H23N3O4/c1-3-32-21-10-6-18(7-11-21)22-23(27-19-8-12-20(31-2)13-9-19)25(30)28(24(22)29)16-17-5-4-14-26-15-17/h4-15,27H,3,16H2,1-2H3. The van der Waals surface area contributed by atoms with Crippen molar-refractivity contribution >= 4 is 23.1 Å². The van der Waals surface area contributed by atoms with Gasteiger partial charge in [0.2, 0.25) is 0 Å². The number of rotatable bonds is 8. The van der Waals surface area contributed by atoms with Crippen molar-refractivity contribution in [1.29, 1.82) is 0 Å². The normalized spacial score (nSPS) is 13.5. The second kappa shape index (κ2) is 9.34. The topological polar surface area (TPSA) is 80.8 Å². The molecule has 0 fully saturated rings. The lowest BCUT2D eigenvalue weighted by Gasteiger charge is -2.15. The van der Waals surface area contributed by atoms with Gasteiger partial charge in [0.25, 0.3) is 11.8 Å². The first kappa shape index (κ1) is 21.1. The van der Waals surface area contributed by atoms with Crippen LogP contribution in [0.5, 0.6) is 11.5 Å². The van der Waals surface area contributed by atoms with Gasteiger partial charge in [0, 0.05) is 18.1 Å². The summed E-state index contributed by atoms with van der Waals surface area (Å²) in [6, 6.07) is 17.9. The summed E-state index contributed by atoms with van der Waals surface area (Å²) in [6.07, 6.45) is 3.30. The van der Waals surface area contributed by atoms with Gasteiger partial charge in [-0.2, -0.15) is 0 Å². The van der Waals surface area contributed by atoms with Crippen LogP contribution in [-0.2, 0) is 16.1 Å². The second-order valence-electron chi connectivity index (χ2n) is 7.12. The highest BCUT2D eigenvalue weighted by Gasteiger charge is 2.39. The zero-order valence-electron chi connectivity index (χ0n) is 17.9. The first-order valence-corrected chi connectivity index (χ1v) is 10.2. The van der Waals surface area contributed by atoms with E-state index in [-0.39, 0.29) is 18.1 Å². The fourth-order valence-corrected chi connectivity index (χ4v) is 3.48. The smallest absolute Gasteiger partial charge is 0.278 e. The number of nitrogens with one attached hydrogen (secondary N) is 1. The molecule has 0 aliphatic carbocycles. The molecule has 7 nitrogen and oxygen atoms in total. The number of amides is 2. The molecule has 32 heavy (non-hydrogen) atoms. The van der Waals surface area contributed by atoms with E-state index in [4.69, 9.17) is 9.47 Å². The van der Waals surface area contributed by atoms with E-state index >= 15 is 0 Å². The van der Waals surface area contributed by atoms with E-state index in [1.165, 1.54) is 4.90 Å². The molecular weight excluding hydrogens is 406 g/mol. The lowest BCUT2D eigenvalue weighted by molar-refractivity contribution is -0.137. The molecule has 0 spiro atoms. The van der Waals surface area contributed by atoms with Crippen LogP contribution in [0.2, 0.25) is 0 Å². The summed E-state index contributed by atoms with van der Waals surface area (Å²) >= 11 is 0. The number of carbonyl (C=O) groups is 2. The van der Waals surface area contributed by atoms with Gasteiger partial charge in [0.15, 0.2) is 0 Å². The zero-order chi connectivity index (χ0) is 22.5. The van der Waals surface area contributed by atoms with E-state index in [0.29, 0.717) is 34.9 Å². The molecule has 2 aromatic carbocycles. The summed E-state index contributed by atoms with van der Waals surface area (Å²) in [4.78, 5) is 32.0. The Bertz CT molecular complexity index is 1140. The molecule has 0 saturated heterocycles. The van der Waals surface area contributed by atoms with Gasteiger partial charge in [-0.25, -0.2) is 0 Å². The van der Waals surface area contributed by atoms with Crippen LogP contribution in [0.3, 0.4) is 0 Å². The molecule has 2 heterocycles. The van der Waals surface area contributed by atoms with Gasteiger partial charge in [0.1, 0.15) is 17.2 Å². The Morgan fingerprint density at radius 3 is 2.28 bits per heavy atom. The highest BCUT2D eigenvalue weighted by atomic mass is 16.5. The van der Waals surface area contributed by atoms with Gasteiger partial charge in [-0.05, 0) is 60.5 Å². The van der Waals surface area contributed by atoms with Gasteiger partial charge in [0.05, 0.1) is 25.8 Å². The van der Waals surface area contributed by atoms with E-state index in [1.54, 1.807) is 74.1 Å². The Labute approximate surface area is 186 Å². The largest absolute Gasteiger partial charge is 0.497 e. The molecule has 0 radical (unpaired) electrons. The summed E-state index contributed by atoms with van der Waals surface area (Å²) in [5, 5.41) is 3.14. The van der Waals surface area contributed by atoms with Crippen molar-refractivity contribution in [3.8, 4) is 11.5 Å². The molecule has 7 heteroatoms. The molecule has 4 rings (SSSR count). The zero-order valence-corrected chi connectivity index (χ0v) is 17.9. The van der Waals surface area contributed by atoms with Gasteiger partial charge in [-0.1, -0.05) is 18.2 Å². The van der Waals surface area contributed by atoms with Crippen LogP contribution in [0.15, 0.2) is 78.8 Å². The third-order valence-corrected chi connectivity index (χ3v) is 5.04. The minimum absolute atomic E-state index is 0.139. The molecule has 3 aromatic rings. The Morgan fingerprint density at radius 1 is 0.938 bits per heavy atom. The molecular formula is C25H23N3O4. The maximum atomic E-state index is 13.4. The van der Waals surface area contributed by atoms with Crippen molar-refractivity contribution in [2.24, 2.45) is 0 Å². The minimum atomic E-state index is -0.390. The lowest BCUT2D eigenvalue weighted by Crippen LogP contribution is -2.32. The van der Waals surface area contributed by atoms with E-state index in [9.17, 15) is 9.59 Å². The third kappa shape index (κ3) is 4.32. The summed E-state index contributed by atoms with van der Waals surface area (Å²) in [7, 11) is 1.59. The highest BCUT2D eigenvalue weighted by molar-refractivity contribution is 6.36. The summed E-state index contributed by atoms with van der Waals surface area (Å²) in [5.74, 6) is 0.645. The van der Waals surface area contributed by atoms with Gasteiger partial charge in [-0.15, -0.1) is 0 Å². The van der Waals surface area contributed by atoms with E-state index in [1.807, 2.05) is 13.0 Å². The molecule has 1 aromatic heterocycles. The van der Waals surface area contributed by atoms with Crippen molar-refractivity contribution in [2.45, 2.75) is 13.5 Å². The Morgan fingerprint density at radius 2 is 1.66 bits per heavy atom. The van der Waals surface area contributed by atoms with E-state index in [0.717, 1.165) is 5.56 Å². The number of imide groups is 1. The molecule has 0 bridgehead atoms. The van der Waals surface area contributed by atoms with E-state index < -0.39 is 5.91 Å². The van der Waals surface area contributed by atoms with Gasteiger partial charge >= 0.3 is 0 Å². The van der Waals surface area contributed by atoms with Crippen LogP contribution in [0, 0.1) is 0 Å². The number of nitrogens with zero attached hydrogens (tertiary/aromatic N) is 2. The lowest BCUT2D eigenvalue weighted by atomic mass is 10.0. The Kier molecular flexibility index (Phi) is 6.17. The van der Waals surface area contributed by atoms with Crippen molar-refractivity contribution in [1.82, 2.24) is 9.88 Å². The molecule has 2 amide bonds. The van der Waals surface area contributed by atoms with Crippen LogP contribution in [0.4, 0.5) is 5.69 Å². The number of ether oxygens (including phenoxy) is 2. The predicted molar refractivity (Wildman–Crippen MR) is 121 cm³/mol. The summed E-state index contributed by atoms with van der Waals surface area (Å²) in [5.41, 5.74) is 2.63. The fraction of sp³-hybridized carbons (Fsp3) is 0.160. The highest BCUT2D eigenvalue weighted by Crippen LogP contribution is 2.32. The number of carbonyl (C=O) groups excluding carboxylic acids is 2. The molecule has 0 saturated carbocycles. The number of hydrogen-bond donors (Lipinski definition) is 1. The summed E-state index contributed by atoms with van der Waals surface area (Å²) < 4.78 is 10.7. The maximum absolute atomic E-state index is 13.4. The number of hydrogen-bond acceptors (Lipinski definition) is 6. The molecule has 0 atom stereocenters. The van der Waals surface area contributed by atoms with Crippen LogP contribution in [0.25, 0.3) is 5.57 Å². The monoisotopic (exact) mass is 429 g/mol. The SMILES string of the molecule is CCOc1ccc(C2=C(Nc3ccc(OC)cc3)C(=O)N(Cc3cccnc3)C2=O)cc1. The van der Waals surface area contributed by atoms with E-state index in [2.05, 4.69) is 10.3 Å². The van der Waals surface area contributed by atoms with Crippen LogP contribution >= 0.6 is 0 Å². The molecule has 0 unspecified atom stereocenters. The maximum Gasteiger partial charge on any atom is 0.278 e. The summed E-state index contributed by atoms with van der Waals surface area (Å²) in [6.45, 7) is 2.59. The Hall–Kier alpha value is -4.13. The average Bonchev–Trinajstić information content (AvgIpc) is 3.05. The number of benzene rings is 2. The number of anilines is 1. The molecule has 1 N–H and O–H groups in total. The number of pyridine rings is 1. The Balaban J connectivity index is 1.70. The first-order chi connectivity index (χ1) is 15.6. The quantitative estimate of drug-likeness (QED) is 0.548. The van der Waals surface area contributed by atoms with Crippen LogP contribution in [0.1, 0.15) is 18.1 Å². The van der Waals surface area contributed by atoms with Crippen LogP contribution < -0.4 is 14.8 Å². The van der Waals surface area contributed by atoms with Crippen molar-refractivity contribution < 1.29 is 19.1 Å². The fourth-order valence-electron chi connectivity index (χ4n) is 3.48. The van der Waals surface area contributed by atoms with Gasteiger partial charge in [-0.3, -0.25) is 19.5 Å². The third-order valence-electron chi connectivity index (χ3n) is 5.04. The van der Waals surface area contributed by atoms with Gasteiger partial charge < -0.3 is 14.8 Å². The van der Waals surface area contributed by atoms with Crippen molar-refractivity contribution in [3.05, 3.63) is 89.9 Å². The molecule has 162 valence electrons. The number of methoxy groups -OCH3 is 1. The average molecular weight is 429 g/mol. The van der Waals surface area contributed by atoms with Crippen molar-refractivity contribution in [3.63, 3.8) is 0 Å². The minimum Gasteiger partial charge on any atom is -0.497 e. The molecule has 1 aliphatic heterocycles. The second-order valence-corrected chi connectivity index (χ2v) is 7.12. The number of aromatic nitrogens is 1. The first-order valence-electron chi connectivity index (χ1n) is 10.2. The van der Waals surface area contributed by atoms with Crippen LogP contribution in [-0.4, -0.2) is 35.4 Å².